The van der Waals surface area contributed by atoms with Gasteiger partial charge in [0.1, 0.15) is 0 Å². The quantitative estimate of drug-likeness (QED) is 0.438. The lowest BCUT2D eigenvalue weighted by atomic mass is 10.00. The highest BCUT2D eigenvalue weighted by Gasteiger charge is 2.40. The third kappa shape index (κ3) is 5.79. The molecule has 0 aliphatic carbocycles. The van der Waals surface area contributed by atoms with E-state index in [1.807, 2.05) is 0 Å². The normalized spacial score (nSPS) is 15.6. The van der Waals surface area contributed by atoms with Gasteiger partial charge in [0.25, 0.3) is 0 Å². The smallest absolute Gasteiger partial charge is 0.308 e. The first-order valence-corrected chi connectivity index (χ1v) is 9.78. The van der Waals surface area contributed by atoms with Crippen molar-refractivity contribution in [2.75, 3.05) is 0 Å². The first kappa shape index (κ1) is 18.2. The van der Waals surface area contributed by atoms with Crippen LogP contribution in [0.1, 0.15) is 47.0 Å². The summed E-state index contributed by atoms with van der Waals surface area (Å²) in [6.07, 6.45) is 7.20. The first-order chi connectivity index (χ1) is 8.53. The van der Waals surface area contributed by atoms with Crippen molar-refractivity contribution in [3.05, 3.63) is 0 Å². The van der Waals surface area contributed by atoms with Gasteiger partial charge in [0.05, 0.1) is 12.0 Å². The van der Waals surface area contributed by atoms with Gasteiger partial charge in [-0.05, 0) is 37.9 Å². The van der Waals surface area contributed by atoms with Crippen LogP contribution in [-0.2, 0) is 9.22 Å². The molecule has 0 heterocycles. The van der Waals surface area contributed by atoms with Crippen molar-refractivity contribution < 1.29 is 14.3 Å². The second kappa shape index (κ2) is 7.11. The summed E-state index contributed by atoms with van der Waals surface area (Å²) in [4.78, 5) is 11.2. The van der Waals surface area contributed by atoms with E-state index in [4.69, 9.17) is 10.8 Å². The van der Waals surface area contributed by atoms with Crippen LogP contribution in [0.2, 0.25) is 18.1 Å². The highest BCUT2D eigenvalue weighted by molar-refractivity contribution is 6.74. The van der Waals surface area contributed by atoms with E-state index >= 15 is 0 Å². The number of hydrogen-bond acceptors (Lipinski definition) is 2. The molecule has 0 radical (unpaired) electrons. The second-order valence-electron chi connectivity index (χ2n) is 6.64. The first-order valence-electron chi connectivity index (χ1n) is 6.87. The molecule has 1 N–H and O–H groups in total. The predicted octanol–water partition coefficient (Wildman–Crippen LogP) is 3.90. The molecule has 0 amide bonds. The van der Waals surface area contributed by atoms with Gasteiger partial charge in [0.2, 0.25) is 0 Å². The van der Waals surface area contributed by atoms with Crippen molar-refractivity contribution in [1.82, 2.24) is 0 Å². The molecule has 19 heavy (non-hydrogen) atoms. The monoisotopic (exact) mass is 284 g/mol. The molecule has 2 atom stereocenters. The molecular formula is C15H28O3Si. The highest BCUT2D eigenvalue weighted by atomic mass is 28.4. The zero-order chi connectivity index (χ0) is 15.3. The van der Waals surface area contributed by atoms with Crippen molar-refractivity contribution in [2.45, 2.75) is 71.2 Å². The van der Waals surface area contributed by atoms with Crippen LogP contribution in [-0.4, -0.2) is 25.5 Å². The van der Waals surface area contributed by atoms with E-state index in [2.05, 4.69) is 39.8 Å². The van der Waals surface area contributed by atoms with E-state index < -0.39 is 20.2 Å². The number of hydrogen-bond donors (Lipinski definition) is 1. The zero-order valence-corrected chi connectivity index (χ0v) is 14.1. The van der Waals surface area contributed by atoms with Crippen LogP contribution in [0.15, 0.2) is 0 Å². The van der Waals surface area contributed by atoms with Crippen LogP contribution in [0.3, 0.4) is 0 Å². The average molecular weight is 284 g/mol. The number of rotatable bonds is 7. The van der Waals surface area contributed by atoms with Crippen LogP contribution in [0, 0.1) is 18.3 Å². The molecule has 0 rings (SSSR count). The molecule has 0 saturated heterocycles. The van der Waals surface area contributed by atoms with Crippen LogP contribution in [0.4, 0.5) is 0 Å². The maximum absolute atomic E-state index is 11.2. The summed E-state index contributed by atoms with van der Waals surface area (Å²) in [7, 11) is -1.95. The molecule has 0 saturated carbocycles. The largest absolute Gasteiger partial charge is 0.481 e. The SMILES string of the molecule is C#CCCC[C@@H](O[Si](C)(C)C(C)(C)C)[C@H](C)C(=O)O. The minimum absolute atomic E-state index is 0.0790. The van der Waals surface area contributed by atoms with Gasteiger partial charge in [0.15, 0.2) is 8.32 Å². The number of unbranched alkanes of at least 4 members (excludes halogenated alkanes) is 1. The Kier molecular flexibility index (Phi) is 6.82. The van der Waals surface area contributed by atoms with Crippen molar-refractivity contribution in [3.63, 3.8) is 0 Å². The Labute approximate surface area is 118 Å². The molecule has 0 aliphatic rings. The molecule has 110 valence electrons. The van der Waals surface area contributed by atoms with Gasteiger partial charge in [-0.2, -0.15) is 0 Å². The van der Waals surface area contributed by atoms with Gasteiger partial charge in [-0.1, -0.05) is 20.8 Å². The molecule has 0 bridgehead atoms. The molecular weight excluding hydrogens is 256 g/mol. The maximum Gasteiger partial charge on any atom is 0.308 e. The summed E-state index contributed by atoms with van der Waals surface area (Å²) >= 11 is 0. The van der Waals surface area contributed by atoms with Gasteiger partial charge >= 0.3 is 5.97 Å². The molecule has 0 aromatic rings. The summed E-state index contributed by atoms with van der Waals surface area (Å²) in [5, 5.41) is 9.28. The minimum Gasteiger partial charge on any atom is -0.481 e. The van der Waals surface area contributed by atoms with Crippen molar-refractivity contribution >= 4 is 14.3 Å². The topological polar surface area (TPSA) is 46.5 Å². The summed E-state index contributed by atoms with van der Waals surface area (Å²) in [6, 6.07) is 0. The summed E-state index contributed by atoms with van der Waals surface area (Å²) in [5.41, 5.74) is 0. The van der Waals surface area contributed by atoms with E-state index in [9.17, 15) is 9.90 Å². The van der Waals surface area contributed by atoms with Gasteiger partial charge in [-0.15, -0.1) is 12.3 Å². The van der Waals surface area contributed by atoms with E-state index in [1.165, 1.54) is 0 Å². The van der Waals surface area contributed by atoms with Crippen LogP contribution in [0.5, 0.6) is 0 Å². The standard InChI is InChI=1S/C15H28O3Si/c1-8-9-10-11-13(12(2)14(16)17)18-19(6,7)15(3,4)5/h1,12-13H,9-11H2,2-7H3,(H,16,17)/t12-,13+/m0/s1. The average Bonchev–Trinajstić information content (AvgIpc) is 2.25. The Hall–Kier alpha value is -0.793. The van der Waals surface area contributed by atoms with Crippen LogP contribution < -0.4 is 0 Å². The molecule has 0 spiro atoms. The lowest BCUT2D eigenvalue weighted by Crippen LogP contribution is -2.46. The number of aliphatic carboxylic acids is 1. The lowest BCUT2D eigenvalue weighted by Gasteiger charge is -2.40. The minimum atomic E-state index is -1.95. The molecule has 0 aromatic heterocycles. The number of carboxylic acids is 1. The van der Waals surface area contributed by atoms with Gasteiger partial charge in [-0.25, -0.2) is 0 Å². The van der Waals surface area contributed by atoms with Crippen molar-refractivity contribution in [3.8, 4) is 12.3 Å². The molecule has 0 aliphatic heterocycles. The summed E-state index contributed by atoms with van der Waals surface area (Å²) < 4.78 is 6.26. The molecule has 3 nitrogen and oxygen atoms in total. The van der Waals surface area contributed by atoms with Crippen LogP contribution in [0.25, 0.3) is 0 Å². The lowest BCUT2D eigenvalue weighted by molar-refractivity contribution is -0.144. The maximum atomic E-state index is 11.2. The van der Waals surface area contributed by atoms with Crippen LogP contribution >= 0.6 is 0 Å². The summed E-state index contributed by atoms with van der Waals surface area (Å²) in [6.45, 7) is 12.5. The third-order valence-corrected chi connectivity index (χ3v) is 8.51. The second-order valence-corrected chi connectivity index (χ2v) is 11.4. The number of carboxylic acid groups (broad SMARTS) is 1. The molecule has 0 fully saturated rings. The van der Waals surface area contributed by atoms with Gasteiger partial charge in [0, 0.05) is 6.42 Å². The zero-order valence-electron chi connectivity index (χ0n) is 13.1. The Morgan fingerprint density at radius 1 is 1.42 bits per heavy atom. The van der Waals surface area contributed by atoms with E-state index in [1.54, 1.807) is 6.92 Å². The molecule has 4 heteroatoms. The number of carbonyl (C=O) groups is 1. The summed E-state index contributed by atoms with van der Waals surface area (Å²) in [5.74, 6) is 1.30. The van der Waals surface area contributed by atoms with Crippen molar-refractivity contribution in [1.29, 1.82) is 0 Å². The van der Waals surface area contributed by atoms with Gasteiger partial charge < -0.3 is 9.53 Å². The highest BCUT2D eigenvalue weighted by Crippen LogP contribution is 2.38. The predicted molar refractivity (Wildman–Crippen MR) is 81.6 cm³/mol. The Morgan fingerprint density at radius 3 is 2.32 bits per heavy atom. The molecule has 0 aromatic carbocycles. The number of terminal acetylenes is 1. The Bertz CT molecular complexity index is 336. The Morgan fingerprint density at radius 2 is 1.95 bits per heavy atom. The van der Waals surface area contributed by atoms with E-state index in [0.29, 0.717) is 12.8 Å². The third-order valence-electron chi connectivity index (χ3n) is 4.01. The molecule has 0 unspecified atom stereocenters. The fourth-order valence-electron chi connectivity index (χ4n) is 1.53. The Balaban J connectivity index is 4.86. The van der Waals surface area contributed by atoms with Crippen molar-refractivity contribution in [2.24, 2.45) is 5.92 Å². The van der Waals surface area contributed by atoms with E-state index in [0.717, 1.165) is 6.42 Å². The fraction of sp³-hybridized carbons (Fsp3) is 0.800. The van der Waals surface area contributed by atoms with E-state index in [-0.39, 0.29) is 11.1 Å². The van der Waals surface area contributed by atoms with Gasteiger partial charge in [-0.3, -0.25) is 4.79 Å². The fourth-order valence-corrected chi connectivity index (χ4v) is 2.96.